The number of rotatable bonds is 4. The van der Waals surface area contributed by atoms with E-state index in [1.54, 1.807) is 6.20 Å². The van der Waals surface area contributed by atoms with E-state index < -0.39 is 11.9 Å². The molecule has 8 heteroatoms. The largest absolute Gasteiger partial charge is 0.465 e. The number of hydrogen-bond donors (Lipinski definition) is 2. The minimum Gasteiger partial charge on any atom is -0.465 e. The maximum atomic E-state index is 13.7. The van der Waals surface area contributed by atoms with E-state index in [-0.39, 0.29) is 11.7 Å². The number of carboxylic acid groups (broad SMARTS) is 1. The molecule has 2 heterocycles. The van der Waals surface area contributed by atoms with Gasteiger partial charge < -0.3 is 10.4 Å². The van der Waals surface area contributed by atoms with Crippen molar-refractivity contribution in [1.82, 2.24) is 20.1 Å². The molecule has 2 aromatic heterocycles. The fourth-order valence-electron chi connectivity index (χ4n) is 1.52. The van der Waals surface area contributed by atoms with Gasteiger partial charge in [-0.3, -0.25) is 4.68 Å². The van der Waals surface area contributed by atoms with Gasteiger partial charge in [0.15, 0.2) is 0 Å². The zero-order valence-electron chi connectivity index (χ0n) is 9.68. The fourth-order valence-corrected chi connectivity index (χ4v) is 1.67. The Morgan fingerprint density at radius 3 is 3.00 bits per heavy atom. The summed E-state index contributed by atoms with van der Waals surface area (Å²) in [5, 5.41) is 14.7. The third-order valence-electron chi connectivity index (χ3n) is 2.38. The molecule has 0 aromatic carbocycles. The Bertz CT molecular complexity index is 602. The lowest BCUT2D eigenvalue weighted by molar-refractivity contribution is 0.194. The van der Waals surface area contributed by atoms with Crippen molar-refractivity contribution in [2.45, 2.75) is 6.54 Å². The lowest BCUT2D eigenvalue weighted by atomic mass is 10.1. The number of pyridine rings is 1. The highest BCUT2D eigenvalue weighted by molar-refractivity contribution is 6.29. The molecule has 1 amide bonds. The first-order valence-corrected chi connectivity index (χ1v) is 5.75. The van der Waals surface area contributed by atoms with E-state index in [0.29, 0.717) is 17.7 Å². The van der Waals surface area contributed by atoms with Crippen molar-refractivity contribution in [3.8, 4) is 11.1 Å². The Morgan fingerprint density at radius 2 is 2.32 bits per heavy atom. The monoisotopic (exact) mass is 284 g/mol. The van der Waals surface area contributed by atoms with Gasteiger partial charge in [0.1, 0.15) is 11.0 Å². The number of amides is 1. The first-order chi connectivity index (χ1) is 9.06. The summed E-state index contributed by atoms with van der Waals surface area (Å²) >= 11 is 5.57. The van der Waals surface area contributed by atoms with Crippen molar-refractivity contribution < 1.29 is 14.3 Å². The van der Waals surface area contributed by atoms with Gasteiger partial charge in [0.05, 0.1) is 12.7 Å². The molecule has 19 heavy (non-hydrogen) atoms. The van der Waals surface area contributed by atoms with E-state index in [9.17, 15) is 9.18 Å². The lowest BCUT2D eigenvalue weighted by Gasteiger charge is -2.01. The van der Waals surface area contributed by atoms with Crippen molar-refractivity contribution in [3.63, 3.8) is 0 Å². The van der Waals surface area contributed by atoms with Crippen LogP contribution in [0.2, 0.25) is 5.15 Å². The zero-order chi connectivity index (χ0) is 13.8. The number of nitrogens with one attached hydrogen (secondary N) is 1. The van der Waals surface area contributed by atoms with Crippen LogP contribution in [0.25, 0.3) is 11.1 Å². The van der Waals surface area contributed by atoms with Crippen LogP contribution in [0.4, 0.5) is 9.18 Å². The van der Waals surface area contributed by atoms with Crippen LogP contribution in [0.5, 0.6) is 0 Å². The van der Waals surface area contributed by atoms with E-state index >= 15 is 0 Å². The van der Waals surface area contributed by atoms with Crippen molar-refractivity contribution in [2.24, 2.45) is 0 Å². The molecule has 2 aromatic rings. The molecule has 0 aliphatic rings. The average Bonchev–Trinajstić information content (AvgIpc) is 2.77. The topological polar surface area (TPSA) is 80.0 Å². The molecule has 0 radical (unpaired) electrons. The smallest absolute Gasteiger partial charge is 0.404 e. The SMILES string of the molecule is O=C(O)NCCn1cc(-c2cnc(Cl)cc2F)cn1. The normalized spacial score (nSPS) is 10.4. The first kappa shape index (κ1) is 13.3. The highest BCUT2D eigenvalue weighted by atomic mass is 35.5. The summed E-state index contributed by atoms with van der Waals surface area (Å²) in [6, 6.07) is 1.13. The van der Waals surface area contributed by atoms with Crippen molar-refractivity contribution in [1.29, 1.82) is 0 Å². The summed E-state index contributed by atoms with van der Waals surface area (Å²) in [5.41, 5.74) is 0.846. The Balaban J connectivity index is 2.10. The van der Waals surface area contributed by atoms with Gasteiger partial charge >= 0.3 is 6.09 Å². The number of nitrogens with zero attached hydrogens (tertiary/aromatic N) is 3. The number of aromatic nitrogens is 3. The van der Waals surface area contributed by atoms with Gasteiger partial charge in [0, 0.05) is 36.1 Å². The zero-order valence-corrected chi connectivity index (χ0v) is 10.4. The van der Waals surface area contributed by atoms with Crippen molar-refractivity contribution >= 4 is 17.7 Å². The van der Waals surface area contributed by atoms with E-state index in [1.807, 2.05) is 0 Å². The van der Waals surface area contributed by atoms with Gasteiger partial charge in [-0.1, -0.05) is 11.6 Å². The molecular weight excluding hydrogens is 275 g/mol. The molecule has 6 nitrogen and oxygen atoms in total. The minimum atomic E-state index is -1.10. The van der Waals surface area contributed by atoms with Gasteiger partial charge in [-0.2, -0.15) is 5.10 Å². The van der Waals surface area contributed by atoms with Gasteiger partial charge in [0.2, 0.25) is 0 Å². The van der Waals surface area contributed by atoms with Crippen LogP contribution in [0.3, 0.4) is 0 Å². The quantitative estimate of drug-likeness (QED) is 0.842. The fraction of sp³-hybridized carbons (Fsp3) is 0.182. The van der Waals surface area contributed by atoms with Crippen LogP contribution in [-0.4, -0.2) is 32.5 Å². The second-order valence-corrected chi connectivity index (χ2v) is 4.10. The Kier molecular flexibility index (Phi) is 3.96. The molecule has 100 valence electrons. The molecule has 0 unspecified atom stereocenters. The van der Waals surface area contributed by atoms with Crippen LogP contribution < -0.4 is 5.32 Å². The predicted octanol–water partition coefficient (Wildman–Crippen LogP) is 2.01. The maximum Gasteiger partial charge on any atom is 0.404 e. The highest BCUT2D eigenvalue weighted by Crippen LogP contribution is 2.22. The molecule has 0 fully saturated rings. The summed E-state index contributed by atoms with van der Waals surface area (Å²) < 4.78 is 15.2. The van der Waals surface area contributed by atoms with Crippen LogP contribution in [0.1, 0.15) is 0 Å². The molecule has 2 rings (SSSR count). The Hall–Kier alpha value is -2.15. The van der Waals surface area contributed by atoms with Gasteiger partial charge in [-0.15, -0.1) is 0 Å². The standard InChI is InChI=1S/C11H10ClFN4O2/c12-10-3-9(13)8(5-15-10)7-4-16-17(6-7)2-1-14-11(18)19/h3-6,14H,1-2H2,(H,18,19). The van der Waals surface area contributed by atoms with Gasteiger partial charge in [0.25, 0.3) is 0 Å². The van der Waals surface area contributed by atoms with Crippen LogP contribution >= 0.6 is 11.6 Å². The van der Waals surface area contributed by atoms with E-state index in [0.717, 1.165) is 6.07 Å². The second-order valence-electron chi connectivity index (χ2n) is 3.71. The van der Waals surface area contributed by atoms with Crippen LogP contribution in [0, 0.1) is 5.82 Å². The van der Waals surface area contributed by atoms with Crippen LogP contribution in [-0.2, 0) is 6.54 Å². The second kappa shape index (κ2) is 5.66. The summed E-state index contributed by atoms with van der Waals surface area (Å²) in [7, 11) is 0. The highest BCUT2D eigenvalue weighted by Gasteiger charge is 2.09. The van der Waals surface area contributed by atoms with Gasteiger partial charge in [-0.25, -0.2) is 14.2 Å². The van der Waals surface area contributed by atoms with E-state index in [1.165, 1.54) is 17.1 Å². The summed E-state index contributed by atoms with van der Waals surface area (Å²) in [6.45, 7) is 0.576. The average molecular weight is 285 g/mol. The molecular formula is C11H10ClFN4O2. The number of hydrogen-bond acceptors (Lipinski definition) is 3. The summed E-state index contributed by atoms with van der Waals surface area (Å²) in [5.74, 6) is -0.483. The maximum absolute atomic E-state index is 13.7. The minimum absolute atomic E-state index is 0.0827. The van der Waals surface area contributed by atoms with Crippen molar-refractivity contribution in [3.05, 3.63) is 35.6 Å². The first-order valence-electron chi connectivity index (χ1n) is 5.37. The third kappa shape index (κ3) is 3.41. The van der Waals surface area contributed by atoms with Crippen molar-refractivity contribution in [2.75, 3.05) is 6.54 Å². The Morgan fingerprint density at radius 1 is 1.53 bits per heavy atom. The van der Waals surface area contributed by atoms with Gasteiger partial charge in [-0.05, 0) is 0 Å². The number of carbonyl (C=O) groups is 1. The number of halogens is 2. The molecule has 0 saturated heterocycles. The Labute approximate surface area is 112 Å². The molecule has 0 aliphatic heterocycles. The third-order valence-corrected chi connectivity index (χ3v) is 2.59. The molecule has 0 spiro atoms. The molecule has 0 atom stereocenters. The van der Waals surface area contributed by atoms with E-state index in [2.05, 4.69) is 15.4 Å². The molecule has 2 N–H and O–H groups in total. The summed E-state index contributed by atoms with van der Waals surface area (Å²) in [4.78, 5) is 14.1. The lowest BCUT2D eigenvalue weighted by Crippen LogP contribution is -2.25. The molecule has 0 bridgehead atoms. The van der Waals surface area contributed by atoms with E-state index in [4.69, 9.17) is 16.7 Å². The summed E-state index contributed by atoms with van der Waals surface area (Å²) in [6.07, 6.45) is 3.32. The molecule has 0 saturated carbocycles. The van der Waals surface area contributed by atoms with Crippen LogP contribution in [0.15, 0.2) is 24.7 Å². The predicted molar refractivity (Wildman–Crippen MR) is 66.5 cm³/mol. The molecule has 0 aliphatic carbocycles.